The highest BCUT2D eigenvalue weighted by atomic mass is 32.1. The van der Waals surface area contributed by atoms with Gasteiger partial charge in [0.05, 0.1) is 55.5 Å². The standard InChI is InChI=1S/C86H63N3O3S/c1-85(2,3)54-41-43-69(65(45-54)52-25-9-7-10-26-52)88(71-50-76-79(61-31-15-21-37-73(61)90-76)81-63-33-17-23-39-75(63)92-83(71)81)57-47-56(87-67-35-19-13-29-59(67)60-30-14-20-36-68(60)87)48-58(49-57)89(70-44-42-55(86(4,5)6)46-66(70)53-27-11-8-12-28-53)72-51-77-80(62-32-16-22-38-74(62)91-77)82-64-34-18-24-40-78(64)93-84(72)82/h7-51H,1-6H3. The number of thiophene rings is 1. The van der Waals surface area contributed by atoms with Crippen molar-refractivity contribution in [2.75, 3.05) is 9.80 Å². The average Bonchev–Trinajstić information content (AvgIpc) is 1.45. The van der Waals surface area contributed by atoms with Crippen LogP contribution in [-0.4, -0.2) is 4.57 Å². The molecule has 0 N–H and O–H groups in total. The third kappa shape index (κ3) is 8.67. The third-order valence-electron chi connectivity index (χ3n) is 19.0. The molecule has 7 heteroatoms. The van der Waals surface area contributed by atoms with Gasteiger partial charge >= 0.3 is 0 Å². The second-order valence-electron chi connectivity index (χ2n) is 26.8. The van der Waals surface area contributed by atoms with Crippen LogP contribution < -0.4 is 9.80 Å². The summed E-state index contributed by atoms with van der Waals surface area (Å²) in [6.45, 7) is 13.8. The Kier molecular flexibility index (Phi) is 12.2. The number of aromatic nitrogens is 1. The van der Waals surface area contributed by atoms with Crippen molar-refractivity contribution in [2.24, 2.45) is 0 Å². The molecule has 0 aliphatic carbocycles. The molecule has 18 rings (SSSR count). The largest absolute Gasteiger partial charge is 0.456 e. The van der Waals surface area contributed by atoms with E-state index < -0.39 is 0 Å². The SMILES string of the molecule is CC(C)(C)c1ccc(N(c2cc(N(c3ccc(C(C)(C)C)cc3-c3ccccc3)c3cc4oc5ccccc5c4c4c3sc3ccccc34)cc(-n3c4ccccc4c4ccccc43)c2)c2cc3oc4ccccc4c3c3c2oc2ccccc23)c(-c2ccccc2)c1. The summed E-state index contributed by atoms with van der Waals surface area (Å²) in [7, 11) is 0. The fraction of sp³-hybridized carbons (Fsp3) is 0.0930. The Hall–Kier alpha value is -11.1. The van der Waals surface area contributed by atoms with Crippen molar-refractivity contribution >= 4 is 153 Å². The van der Waals surface area contributed by atoms with Crippen molar-refractivity contribution in [1.82, 2.24) is 4.57 Å². The fourth-order valence-electron chi connectivity index (χ4n) is 14.6. The van der Waals surface area contributed by atoms with Crippen LogP contribution in [0, 0.1) is 0 Å². The Bertz CT molecular complexity index is 5680. The Morgan fingerprint density at radius 1 is 0.323 bits per heavy atom. The molecule has 0 aliphatic rings. The normalized spacial score (nSPS) is 12.4. The number of rotatable bonds is 9. The maximum Gasteiger partial charge on any atom is 0.160 e. The smallest absolute Gasteiger partial charge is 0.160 e. The quantitative estimate of drug-likeness (QED) is 0.144. The van der Waals surface area contributed by atoms with E-state index in [1.165, 1.54) is 37.4 Å². The van der Waals surface area contributed by atoms with Gasteiger partial charge in [0.1, 0.15) is 27.9 Å². The molecule has 0 amide bonds. The van der Waals surface area contributed by atoms with Crippen LogP contribution in [0.5, 0.6) is 0 Å². The van der Waals surface area contributed by atoms with Crippen molar-refractivity contribution in [1.29, 1.82) is 0 Å². The highest BCUT2D eigenvalue weighted by Gasteiger charge is 2.32. The highest BCUT2D eigenvalue weighted by Crippen LogP contribution is 2.56. The Balaban J connectivity index is 1.04. The summed E-state index contributed by atoms with van der Waals surface area (Å²) in [6, 6.07) is 99.6. The van der Waals surface area contributed by atoms with Crippen LogP contribution in [0.3, 0.4) is 0 Å². The van der Waals surface area contributed by atoms with Gasteiger partial charge < -0.3 is 27.6 Å². The molecule has 18 aromatic rings. The van der Waals surface area contributed by atoms with Gasteiger partial charge in [0.15, 0.2) is 5.58 Å². The molecule has 0 unspecified atom stereocenters. The van der Waals surface area contributed by atoms with Gasteiger partial charge in [-0.15, -0.1) is 11.3 Å². The van der Waals surface area contributed by atoms with Crippen LogP contribution in [0.2, 0.25) is 0 Å². The molecule has 13 aromatic carbocycles. The van der Waals surface area contributed by atoms with Crippen molar-refractivity contribution in [2.45, 2.75) is 52.4 Å². The lowest BCUT2D eigenvalue weighted by molar-refractivity contribution is 0.590. The van der Waals surface area contributed by atoms with Crippen LogP contribution in [0.15, 0.2) is 286 Å². The van der Waals surface area contributed by atoms with E-state index >= 15 is 0 Å². The van der Waals surface area contributed by atoms with E-state index in [0.717, 1.165) is 144 Å². The summed E-state index contributed by atoms with van der Waals surface area (Å²) in [6.07, 6.45) is 0. The van der Waals surface area contributed by atoms with Gasteiger partial charge in [0.2, 0.25) is 0 Å². The predicted molar refractivity (Wildman–Crippen MR) is 393 cm³/mol. The second kappa shape index (κ2) is 20.7. The van der Waals surface area contributed by atoms with Crippen molar-refractivity contribution in [3.63, 3.8) is 0 Å². The number of para-hydroxylation sites is 5. The molecule has 0 spiro atoms. The first-order valence-electron chi connectivity index (χ1n) is 32.0. The lowest BCUT2D eigenvalue weighted by atomic mass is 9.84. The van der Waals surface area contributed by atoms with E-state index in [1.807, 2.05) is 11.3 Å². The van der Waals surface area contributed by atoms with E-state index in [9.17, 15) is 0 Å². The number of nitrogens with zero attached hydrogens (tertiary/aromatic N) is 3. The van der Waals surface area contributed by atoms with Gasteiger partial charge in [-0.05, 0) is 112 Å². The van der Waals surface area contributed by atoms with Crippen molar-refractivity contribution in [3.05, 3.63) is 284 Å². The van der Waals surface area contributed by atoms with E-state index in [-0.39, 0.29) is 10.8 Å². The van der Waals surface area contributed by atoms with Gasteiger partial charge in [0.25, 0.3) is 0 Å². The minimum absolute atomic E-state index is 0.162. The summed E-state index contributed by atoms with van der Waals surface area (Å²) in [5, 5.41) is 11.0. The Morgan fingerprint density at radius 3 is 1.27 bits per heavy atom. The Labute approximate surface area is 542 Å². The van der Waals surface area contributed by atoms with Gasteiger partial charge in [-0.3, -0.25) is 0 Å². The fourth-order valence-corrected chi connectivity index (χ4v) is 15.8. The summed E-state index contributed by atoms with van der Waals surface area (Å²) in [5.41, 5.74) is 20.1. The first-order chi connectivity index (χ1) is 45.4. The monoisotopic (exact) mass is 1220 g/mol. The topological polar surface area (TPSA) is 50.8 Å². The molecule has 0 atom stereocenters. The number of hydrogen-bond acceptors (Lipinski definition) is 6. The van der Waals surface area contributed by atoms with Crippen LogP contribution in [0.1, 0.15) is 52.7 Å². The van der Waals surface area contributed by atoms with Gasteiger partial charge in [-0.1, -0.05) is 224 Å². The first kappa shape index (κ1) is 54.8. The number of anilines is 6. The highest BCUT2D eigenvalue weighted by molar-refractivity contribution is 7.26. The molecule has 5 heterocycles. The molecule has 0 saturated heterocycles. The maximum absolute atomic E-state index is 7.43. The van der Waals surface area contributed by atoms with Gasteiger partial charge in [-0.2, -0.15) is 0 Å². The Morgan fingerprint density at radius 2 is 0.742 bits per heavy atom. The van der Waals surface area contributed by atoms with E-state index in [4.69, 9.17) is 13.3 Å². The third-order valence-corrected chi connectivity index (χ3v) is 20.2. The molecule has 0 bridgehead atoms. The van der Waals surface area contributed by atoms with Crippen LogP contribution in [-0.2, 0) is 10.8 Å². The summed E-state index contributed by atoms with van der Waals surface area (Å²) >= 11 is 1.84. The van der Waals surface area contributed by atoms with Gasteiger partial charge in [-0.25, -0.2) is 0 Å². The van der Waals surface area contributed by atoms with Crippen LogP contribution in [0.4, 0.5) is 34.1 Å². The van der Waals surface area contributed by atoms with Crippen LogP contribution >= 0.6 is 11.3 Å². The molecular formula is C86H63N3O3S. The molecular weight excluding hydrogens is 1160 g/mol. The zero-order valence-corrected chi connectivity index (χ0v) is 53.3. The van der Waals surface area contributed by atoms with Crippen molar-refractivity contribution in [3.8, 4) is 27.9 Å². The lowest BCUT2D eigenvalue weighted by Gasteiger charge is -2.33. The minimum Gasteiger partial charge on any atom is -0.456 e. The zero-order chi connectivity index (χ0) is 62.4. The first-order valence-corrected chi connectivity index (χ1v) is 32.9. The molecule has 0 aliphatic heterocycles. The van der Waals surface area contributed by atoms with E-state index in [0.29, 0.717) is 0 Å². The zero-order valence-electron chi connectivity index (χ0n) is 52.5. The van der Waals surface area contributed by atoms with Crippen LogP contribution in [0.25, 0.3) is 136 Å². The minimum atomic E-state index is -0.173. The van der Waals surface area contributed by atoms with E-state index in [1.54, 1.807) is 0 Å². The predicted octanol–water partition coefficient (Wildman–Crippen LogP) is 25.7. The number of fused-ring (bicyclic) bond motifs is 17. The number of hydrogen-bond donors (Lipinski definition) is 0. The average molecular weight is 1220 g/mol. The summed E-state index contributed by atoms with van der Waals surface area (Å²) in [5.74, 6) is 0. The number of furan rings is 3. The van der Waals surface area contributed by atoms with Gasteiger partial charge in [0, 0.05) is 81.8 Å². The molecule has 0 fully saturated rings. The summed E-state index contributed by atoms with van der Waals surface area (Å²) < 4.78 is 26.5. The molecule has 6 nitrogen and oxygen atoms in total. The summed E-state index contributed by atoms with van der Waals surface area (Å²) in [4.78, 5) is 5.00. The molecule has 0 saturated carbocycles. The second-order valence-corrected chi connectivity index (χ2v) is 27.8. The lowest BCUT2D eigenvalue weighted by Crippen LogP contribution is -2.17. The molecule has 93 heavy (non-hydrogen) atoms. The molecule has 0 radical (unpaired) electrons. The number of benzene rings is 13. The molecule has 5 aromatic heterocycles. The molecule has 446 valence electrons. The maximum atomic E-state index is 7.43. The van der Waals surface area contributed by atoms with E-state index in [2.05, 4.69) is 329 Å². The van der Waals surface area contributed by atoms with Crippen molar-refractivity contribution < 1.29 is 13.3 Å².